The van der Waals surface area contributed by atoms with Gasteiger partial charge >= 0.3 is 0 Å². The van der Waals surface area contributed by atoms with E-state index in [4.69, 9.17) is 0 Å². The maximum Gasteiger partial charge on any atom is 0.0602 e. The number of hydrogen-bond donors (Lipinski definition) is 1. The topological polar surface area (TPSA) is 20.2 Å². The first-order valence-electron chi connectivity index (χ1n) is 6.14. The van der Waals surface area contributed by atoms with Crippen molar-refractivity contribution < 1.29 is 5.11 Å². The van der Waals surface area contributed by atoms with Crippen molar-refractivity contribution >= 4 is 0 Å². The Morgan fingerprint density at radius 1 is 0.857 bits per heavy atom. The first-order chi connectivity index (χ1) is 6.46. The summed E-state index contributed by atoms with van der Waals surface area (Å²) in [7, 11) is 0. The van der Waals surface area contributed by atoms with Gasteiger partial charge in [0.25, 0.3) is 0 Å². The molecule has 0 aromatic heterocycles. The molecule has 3 aliphatic rings. The van der Waals surface area contributed by atoms with E-state index in [1.54, 1.807) is 0 Å². The maximum absolute atomic E-state index is 10.2. The van der Waals surface area contributed by atoms with Crippen molar-refractivity contribution in [1.29, 1.82) is 0 Å². The molecule has 3 aliphatic carbocycles. The Bertz CT molecular complexity index is 211. The highest BCUT2D eigenvalue weighted by atomic mass is 16.3. The van der Waals surface area contributed by atoms with E-state index in [1.165, 1.54) is 0 Å². The summed E-state index contributed by atoms with van der Waals surface area (Å²) in [6, 6.07) is 0. The van der Waals surface area contributed by atoms with Crippen LogP contribution in [0.2, 0.25) is 0 Å². The Morgan fingerprint density at radius 3 is 1.79 bits per heavy atom. The summed E-state index contributed by atoms with van der Waals surface area (Å²) in [5, 5.41) is 10.2. The largest absolute Gasteiger partial charge is 0.393 e. The van der Waals surface area contributed by atoms with Crippen molar-refractivity contribution in [3.8, 4) is 0 Å². The van der Waals surface area contributed by atoms with E-state index in [0.29, 0.717) is 17.8 Å². The highest BCUT2D eigenvalue weighted by Gasteiger charge is 2.59. The van der Waals surface area contributed by atoms with Gasteiger partial charge in [-0.25, -0.2) is 0 Å². The van der Waals surface area contributed by atoms with Gasteiger partial charge in [-0.05, 0) is 41.4 Å². The second-order valence-electron chi connectivity index (χ2n) is 6.04. The minimum atomic E-state index is -0.0441. The number of fused-ring (bicyclic) bond motifs is 2. The molecule has 6 unspecified atom stereocenters. The van der Waals surface area contributed by atoms with E-state index in [0.717, 1.165) is 23.7 Å². The molecule has 0 aliphatic heterocycles. The third-order valence-electron chi connectivity index (χ3n) is 5.18. The van der Waals surface area contributed by atoms with Crippen LogP contribution in [0.3, 0.4) is 0 Å². The monoisotopic (exact) mass is 196 g/mol. The zero-order chi connectivity index (χ0) is 10.6. The molecule has 0 radical (unpaired) electrons. The summed E-state index contributed by atoms with van der Waals surface area (Å²) in [6.07, 6.45) is -0.0441. The number of rotatable bonds is 1. The zero-order valence-electron chi connectivity index (χ0n) is 10.1. The van der Waals surface area contributed by atoms with E-state index in [9.17, 15) is 5.11 Å². The van der Waals surface area contributed by atoms with Crippen LogP contribution < -0.4 is 0 Å². The van der Waals surface area contributed by atoms with Crippen LogP contribution in [0.1, 0.15) is 34.6 Å². The molecule has 0 spiro atoms. The molecule has 14 heavy (non-hydrogen) atoms. The molecule has 1 heteroatoms. The predicted octanol–water partition coefficient (Wildman–Crippen LogP) is 2.79. The van der Waals surface area contributed by atoms with Crippen LogP contribution in [0.4, 0.5) is 0 Å². The standard InChI is InChI=1S/C13H24O/c1-6(2)10-12-7(3)11(8(12)4)9(5)13(10)14/h6-14H,1-5H3/t7-,8?,9?,10?,11?,12?,13?/m1/s1. The molecule has 0 amide bonds. The smallest absolute Gasteiger partial charge is 0.0602 e. The molecule has 3 fully saturated rings. The first-order valence-corrected chi connectivity index (χ1v) is 6.14. The molecule has 82 valence electrons. The van der Waals surface area contributed by atoms with Gasteiger partial charge in [0.2, 0.25) is 0 Å². The van der Waals surface area contributed by atoms with Crippen molar-refractivity contribution in [3.63, 3.8) is 0 Å². The van der Waals surface area contributed by atoms with Gasteiger partial charge in [-0.3, -0.25) is 0 Å². The summed E-state index contributed by atoms with van der Waals surface area (Å²) < 4.78 is 0. The molecule has 1 N–H and O–H groups in total. The van der Waals surface area contributed by atoms with E-state index in [-0.39, 0.29) is 6.10 Å². The van der Waals surface area contributed by atoms with Gasteiger partial charge in [-0.1, -0.05) is 34.6 Å². The molecule has 0 aromatic rings. The van der Waals surface area contributed by atoms with Gasteiger partial charge in [0.05, 0.1) is 6.10 Å². The molecule has 0 aromatic carbocycles. The fourth-order valence-corrected chi connectivity index (χ4v) is 4.63. The van der Waals surface area contributed by atoms with Crippen LogP contribution in [0.25, 0.3) is 0 Å². The Kier molecular flexibility index (Phi) is 2.42. The lowest BCUT2D eigenvalue weighted by molar-refractivity contribution is -0.198. The summed E-state index contributed by atoms with van der Waals surface area (Å²) in [5.41, 5.74) is 0. The number of aliphatic hydroxyl groups is 1. The zero-order valence-corrected chi connectivity index (χ0v) is 10.1. The predicted molar refractivity (Wildman–Crippen MR) is 58.8 cm³/mol. The summed E-state index contributed by atoms with van der Waals surface area (Å²) in [4.78, 5) is 0. The van der Waals surface area contributed by atoms with Crippen LogP contribution in [-0.4, -0.2) is 11.2 Å². The van der Waals surface area contributed by atoms with Crippen molar-refractivity contribution in [1.82, 2.24) is 0 Å². The van der Waals surface area contributed by atoms with Crippen molar-refractivity contribution in [2.45, 2.75) is 40.7 Å². The number of hydrogen-bond acceptors (Lipinski definition) is 1. The lowest BCUT2D eigenvalue weighted by Gasteiger charge is -2.63. The minimum absolute atomic E-state index is 0.0441. The highest BCUT2D eigenvalue weighted by Crippen LogP contribution is 2.61. The van der Waals surface area contributed by atoms with Gasteiger partial charge in [0.1, 0.15) is 0 Å². The normalized spacial score (nSPS) is 57.2. The fourth-order valence-electron chi connectivity index (χ4n) is 4.63. The van der Waals surface area contributed by atoms with Crippen molar-refractivity contribution in [2.75, 3.05) is 0 Å². The Hall–Kier alpha value is -0.0400. The van der Waals surface area contributed by atoms with Crippen LogP contribution in [0, 0.1) is 41.4 Å². The quantitative estimate of drug-likeness (QED) is 0.683. The van der Waals surface area contributed by atoms with Crippen LogP contribution >= 0.6 is 0 Å². The Balaban J connectivity index is 2.24. The van der Waals surface area contributed by atoms with Crippen LogP contribution in [0.5, 0.6) is 0 Å². The molecule has 0 saturated heterocycles. The molecule has 0 heterocycles. The SMILES string of the molecule is CC(C)C1C(O)C(C)C2C(C)C1[C@@H]2C. The van der Waals surface area contributed by atoms with Gasteiger partial charge in [0, 0.05) is 0 Å². The summed E-state index contributed by atoms with van der Waals surface area (Å²) in [5.74, 6) is 4.93. The summed E-state index contributed by atoms with van der Waals surface area (Å²) >= 11 is 0. The molecular weight excluding hydrogens is 172 g/mol. The van der Waals surface area contributed by atoms with Crippen LogP contribution in [-0.2, 0) is 0 Å². The lowest BCUT2D eigenvalue weighted by atomic mass is 9.42. The van der Waals surface area contributed by atoms with Gasteiger partial charge in [0.15, 0.2) is 0 Å². The average Bonchev–Trinajstić information content (AvgIpc) is 2.10. The number of aliphatic hydroxyl groups excluding tert-OH is 1. The van der Waals surface area contributed by atoms with Gasteiger partial charge in [-0.2, -0.15) is 0 Å². The summed E-state index contributed by atoms with van der Waals surface area (Å²) in [6.45, 7) is 11.5. The van der Waals surface area contributed by atoms with E-state index >= 15 is 0 Å². The third kappa shape index (κ3) is 1.11. The highest BCUT2D eigenvalue weighted by molar-refractivity contribution is 5.07. The molecular formula is C13H24O. The van der Waals surface area contributed by atoms with Crippen molar-refractivity contribution in [2.24, 2.45) is 41.4 Å². The van der Waals surface area contributed by atoms with E-state index in [2.05, 4.69) is 34.6 Å². The van der Waals surface area contributed by atoms with Crippen LogP contribution in [0.15, 0.2) is 0 Å². The third-order valence-corrected chi connectivity index (χ3v) is 5.18. The maximum atomic E-state index is 10.2. The average molecular weight is 196 g/mol. The second kappa shape index (κ2) is 3.23. The lowest BCUT2D eigenvalue weighted by Crippen LogP contribution is -2.62. The molecule has 3 saturated carbocycles. The Labute approximate surface area is 87.9 Å². The molecule has 7 atom stereocenters. The van der Waals surface area contributed by atoms with Crippen molar-refractivity contribution in [3.05, 3.63) is 0 Å². The fraction of sp³-hybridized carbons (Fsp3) is 1.00. The van der Waals surface area contributed by atoms with Gasteiger partial charge in [-0.15, -0.1) is 0 Å². The second-order valence-corrected chi connectivity index (χ2v) is 6.04. The minimum Gasteiger partial charge on any atom is -0.393 e. The Morgan fingerprint density at radius 2 is 1.36 bits per heavy atom. The first kappa shape index (κ1) is 10.5. The van der Waals surface area contributed by atoms with E-state index < -0.39 is 0 Å². The molecule has 3 rings (SSSR count). The van der Waals surface area contributed by atoms with E-state index in [1.807, 2.05) is 0 Å². The molecule has 2 bridgehead atoms. The molecule has 1 nitrogen and oxygen atoms in total. The van der Waals surface area contributed by atoms with Gasteiger partial charge < -0.3 is 5.11 Å².